The Balaban J connectivity index is 2.14. The van der Waals surface area contributed by atoms with Crippen LogP contribution >= 0.6 is 27.7 Å². The Morgan fingerprint density at radius 2 is 2.31 bits per heavy atom. The molecule has 3 N–H and O–H groups in total. The number of thioether (sulfide) groups is 1. The van der Waals surface area contributed by atoms with Crippen molar-refractivity contribution < 1.29 is 15.0 Å². The van der Waals surface area contributed by atoms with Crippen LogP contribution in [0.2, 0.25) is 0 Å². The third-order valence-electron chi connectivity index (χ3n) is 2.35. The molecule has 0 aliphatic carbocycles. The highest BCUT2D eigenvalue weighted by molar-refractivity contribution is 9.10. The minimum absolute atomic E-state index is 0.0296. The first kappa shape index (κ1) is 11.8. The summed E-state index contributed by atoms with van der Waals surface area (Å²) < 4.78 is 0.617. The van der Waals surface area contributed by atoms with E-state index in [4.69, 9.17) is 5.11 Å². The van der Waals surface area contributed by atoms with Crippen LogP contribution in [-0.4, -0.2) is 28.0 Å². The van der Waals surface area contributed by atoms with E-state index in [1.54, 1.807) is 30.0 Å². The van der Waals surface area contributed by atoms with Gasteiger partial charge in [-0.15, -0.1) is 11.8 Å². The van der Waals surface area contributed by atoms with Crippen molar-refractivity contribution in [3.8, 4) is 5.75 Å². The second kappa shape index (κ2) is 4.65. The Morgan fingerprint density at radius 1 is 1.56 bits per heavy atom. The zero-order chi connectivity index (χ0) is 11.7. The van der Waals surface area contributed by atoms with Crippen LogP contribution in [-0.2, 0) is 4.79 Å². The normalized spacial score (nSPS) is 24.6. The number of benzene rings is 1. The molecule has 1 aliphatic heterocycles. The molecule has 1 fully saturated rings. The van der Waals surface area contributed by atoms with Crippen molar-refractivity contribution in [3.05, 3.63) is 28.2 Å². The summed E-state index contributed by atoms with van der Waals surface area (Å²) in [6.07, 6.45) is 0. The number of phenols is 1. The Labute approximate surface area is 105 Å². The highest BCUT2D eigenvalue weighted by Gasteiger charge is 2.30. The van der Waals surface area contributed by atoms with Crippen LogP contribution in [0, 0.1) is 0 Å². The molecular weight excluding hydrogens is 294 g/mol. The molecular formula is C10H10BrNO3S. The standard InChI is InChI=1S/C10H10BrNO3S/c11-6-3-5(1-2-8(6)13)9-12-7(4-16-9)10(14)15/h1-3,7,9,12-13H,4H2,(H,14,15)/t7-,9-/m0/s1. The van der Waals surface area contributed by atoms with Crippen molar-refractivity contribution >= 4 is 33.7 Å². The zero-order valence-corrected chi connectivity index (χ0v) is 10.6. The largest absolute Gasteiger partial charge is 0.507 e. The number of hydrogen-bond donors (Lipinski definition) is 3. The Hall–Kier alpha value is -0.720. The summed E-state index contributed by atoms with van der Waals surface area (Å²) in [7, 11) is 0. The van der Waals surface area contributed by atoms with Gasteiger partial charge in [0.15, 0.2) is 0 Å². The maximum absolute atomic E-state index is 10.8. The van der Waals surface area contributed by atoms with Crippen molar-refractivity contribution in [2.45, 2.75) is 11.4 Å². The van der Waals surface area contributed by atoms with Gasteiger partial charge in [-0.3, -0.25) is 10.1 Å². The van der Waals surface area contributed by atoms with Gasteiger partial charge in [0, 0.05) is 5.75 Å². The van der Waals surface area contributed by atoms with E-state index < -0.39 is 12.0 Å². The maximum Gasteiger partial charge on any atom is 0.321 e. The van der Waals surface area contributed by atoms with Gasteiger partial charge >= 0.3 is 5.97 Å². The molecule has 1 aromatic rings. The molecule has 1 saturated heterocycles. The molecule has 0 bridgehead atoms. The number of phenolic OH excluding ortho intramolecular Hbond substituents is 1. The van der Waals surface area contributed by atoms with E-state index in [1.807, 2.05) is 0 Å². The second-order valence-corrected chi connectivity index (χ2v) is 5.47. The van der Waals surface area contributed by atoms with E-state index in [9.17, 15) is 9.90 Å². The SMILES string of the molecule is O=C(O)[C@@H]1CS[C@@H](c2ccc(O)c(Br)c2)N1. The predicted molar refractivity (Wildman–Crippen MR) is 65.6 cm³/mol. The highest BCUT2D eigenvalue weighted by Crippen LogP contribution is 2.35. The fraction of sp³-hybridized carbons (Fsp3) is 0.300. The molecule has 0 radical (unpaired) electrons. The summed E-state index contributed by atoms with van der Waals surface area (Å²) in [5, 5.41) is 21.2. The average Bonchev–Trinajstić information content (AvgIpc) is 2.71. The van der Waals surface area contributed by atoms with Gasteiger partial charge in [-0.2, -0.15) is 0 Å². The van der Waals surface area contributed by atoms with Crippen molar-refractivity contribution in [3.63, 3.8) is 0 Å². The molecule has 0 spiro atoms. The fourth-order valence-electron chi connectivity index (χ4n) is 1.49. The quantitative estimate of drug-likeness (QED) is 0.779. The van der Waals surface area contributed by atoms with E-state index in [2.05, 4.69) is 21.2 Å². The lowest BCUT2D eigenvalue weighted by molar-refractivity contribution is -0.138. The van der Waals surface area contributed by atoms with Crippen molar-refractivity contribution in [2.75, 3.05) is 5.75 Å². The Bertz CT molecular complexity index is 427. The monoisotopic (exact) mass is 303 g/mol. The summed E-state index contributed by atoms with van der Waals surface area (Å²) in [5.74, 6) is -0.0900. The summed E-state index contributed by atoms with van der Waals surface area (Å²) in [6.45, 7) is 0. The number of carboxylic acids is 1. The Morgan fingerprint density at radius 3 is 2.88 bits per heavy atom. The number of rotatable bonds is 2. The maximum atomic E-state index is 10.8. The molecule has 4 nitrogen and oxygen atoms in total. The minimum Gasteiger partial charge on any atom is -0.507 e. The molecule has 86 valence electrons. The molecule has 16 heavy (non-hydrogen) atoms. The number of nitrogens with one attached hydrogen (secondary N) is 1. The van der Waals surface area contributed by atoms with Gasteiger partial charge in [-0.25, -0.2) is 0 Å². The lowest BCUT2D eigenvalue weighted by atomic mass is 10.2. The first-order valence-corrected chi connectivity index (χ1v) is 6.51. The van der Waals surface area contributed by atoms with Gasteiger partial charge < -0.3 is 10.2 Å². The molecule has 1 aliphatic rings. The van der Waals surface area contributed by atoms with Crippen LogP contribution in [0.5, 0.6) is 5.75 Å². The summed E-state index contributed by atoms with van der Waals surface area (Å²) in [4.78, 5) is 10.8. The van der Waals surface area contributed by atoms with Gasteiger partial charge in [0.25, 0.3) is 0 Å². The van der Waals surface area contributed by atoms with Crippen LogP contribution in [0.25, 0.3) is 0 Å². The lowest BCUT2D eigenvalue weighted by Gasteiger charge is -2.12. The van der Waals surface area contributed by atoms with E-state index in [-0.39, 0.29) is 11.1 Å². The molecule has 0 saturated carbocycles. The third kappa shape index (κ3) is 2.34. The molecule has 0 amide bonds. The van der Waals surface area contributed by atoms with Crippen molar-refractivity contribution in [1.29, 1.82) is 0 Å². The van der Waals surface area contributed by atoms with Crippen LogP contribution in [0.1, 0.15) is 10.9 Å². The summed E-state index contributed by atoms with van der Waals surface area (Å²) in [5.41, 5.74) is 0.957. The number of aromatic hydroxyl groups is 1. The topological polar surface area (TPSA) is 69.6 Å². The minimum atomic E-state index is -0.826. The first-order chi connectivity index (χ1) is 7.58. The van der Waals surface area contributed by atoms with Gasteiger partial charge in [-0.05, 0) is 33.6 Å². The predicted octanol–water partition coefficient (Wildman–Crippen LogP) is 1.94. The van der Waals surface area contributed by atoms with E-state index >= 15 is 0 Å². The molecule has 6 heteroatoms. The lowest BCUT2D eigenvalue weighted by Crippen LogP contribution is -2.33. The number of hydrogen-bond acceptors (Lipinski definition) is 4. The second-order valence-electron chi connectivity index (χ2n) is 3.48. The van der Waals surface area contributed by atoms with Gasteiger partial charge in [0.2, 0.25) is 0 Å². The van der Waals surface area contributed by atoms with Crippen molar-refractivity contribution in [1.82, 2.24) is 5.32 Å². The van der Waals surface area contributed by atoms with E-state index in [1.165, 1.54) is 0 Å². The zero-order valence-electron chi connectivity index (χ0n) is 8.18. The molecule has 0 unspecified atom stereocenters. The van der Waals surface area contributed by atoms with E-state index in [0.717, 1.165) is 5.56 Å². The molecule has 2 rings (SSSR count). The number of aliphatic carboxylic acids is 1. The Kier molecular flexibility index (Phi) is 3.41. The van der Waals surface area contributed by atoms with Crippen molar-refractivity contribution in [2.24, 2.45) is 0 Å². The smallest absolute Gasteiger partial charge is 0.321 e. The summed E-state index contributed by atoms with van der Waals surface area (Å²) >= 11 is 4.79. The van der Waals surface area contributed by atoms with Crippen LogP contribution in [0.3, 0.4) is 0 Å². The van der Waals surface area contributed by atoms with E-state index in [0.29, 0.717) is 10.2 Å². The molecule has 2 atom stereocenters. The number of carboxylic acid groups (broad SMARTS) is 1. The molecule has 1 aromatic carbocycles. The first-order valence-electron chi connectivity index (χ1n) is 4.67. The van der Waals surface area contributed by atoms with Crippen LogP contribution in [0.4, 0.5) is 0 Å². The van der Waals surface area contributed by atoms with Gasteiger partial charge in [0.1, 0.15) is 11.8 Å². The fourth-order valence-corrected chi connectivity index (χ4v) is 3.11. The van der Waals surface area contributed by atoms with Crippen LogP contribution < -0.4 is 5.32 Å². The van der Waals surface area contributed by atoms with Crippen LogP contribution in [0.15, 0.2) is 22.7 Å². The third-order valence-corrected chi connectivity index (χ3v) is 4.26. The highest BCUT2D eigenvalue weighted by atomic mass is 79.9. The van der Waals surface area contributed by atoms with Gasteiger partial charge in [0.05, 0.1) is 9.85 Å². The molecule has 0 aromatic heterocycles. The van der Waals surface area contributed by atoms with Gasteiger partial charge in [-0.1, -0.05) is 6.07 Å². The number of carbonyl (C=O) groups is 1. The summed E-state index contributed by atoms with van der Waals surface area (Å²) in [6, 6.07) is 4.68. The average molecular weight is 304 g/mol. The number of halogens is 1. The molecule has 1 heterocycles.